The molecule has 132 valence electrons. The van der Waals surface area contributed by atoms with E-state index in [1.807, 2.05) is 0 Å². The minimum absolute atomic E-state index is 0.0698. The number of likely N-dealkylation sites (tertiary alicyclic amines) is 1. The molecule has 0 radical (unpaired) electrons. The molecule has 0 aromatic heterocycles. The summed E-state index contributed by atoms with van der Waals surface area (Å²) in [6.45, 7) is 0.491. The zero-order valence-corrected chi connectivity index (χ0v) is 13.8. The van der Waals surface area contributed by atoms with Crippen LogP contribution in [0.1, 0.15) is 48.9 Å². The lowest BCUT2D eigenvalue weighted by Gasteiger charge is -2.23. The highest BCUT2D eigenvalue weighted by Crippen LogP contribution is 2.22. The molecule has 0 unspecified atom stereocenters. The van der Waals surface area contributed by atoms with Crippen molar-refractivity contribution in [3.05, 3.63) is 39.9 Å². The lowest BCUT2D eigenvalue weighted by Crippen LogP contribution is -2.44. The number of nitro groups is 1. The first-order valence-corrected chi connectivity index (χ1v) is 8.47. The van der Waals surface area contributed by atoms with Crippen LogP contribution >= 0.6 is 0 Å². The molecule has 25 heavy (non-hydrogen) atoms. The highest BCUT2D eigenvalue weighted by Gasteiger charge is 2.34. The van der Waals surface area contributed by atoms with Gasteiger partial charge in [-0.15, -0.1) is 0 Å². The first-order valence-electron chi connectivity index (χ1n) is 8.47. The van der Waals surface area contributed by atoms with E-state index in [1.165, 1.54) is 29.2 Å². The van der Waals surface area contributed by atoms with E-state index in [0.29, 0.717) is 18.5 Å². The van der Waals surface area contributed by atoms with Gasteiger partial charge in [0.15, 0.2) is 0 Å². The van der Waals surface area contributed by atoms with Crippen LogP contribution in [0.5, 0.6) is 0 Å². The molecule has 3 rings (SSSR count). The van der Waals surface area contributed by atoms with E-state index >= 15 is 0 Å². The molecule has 2 amide bonds. The largest absolute Gasteiger partial charge is 0.327 e. The molecule has 1 aromatic rings. The molecule has 0 bridgehead atoms. The van der Waals surface area contributed by atoms with Crippen molar-refractivity contribution in [3.63, 3.8) is 0 Å². The molecular formula is C17H20N4O4. The molecule has 1 N–H and O–H groups in total. The fourth-order valence-corrected chi connectivity index (χ4v) is 3.28. The zero-order chi connectivity index (χ0) is 17.8. The maximum absolute atomic E-state index is 12.6. The van der Waals surface area contributed by atoms with Crippen molar-refractivity contribution in [1.82, 2.24) is 10.3 Å². The maximum atomic E-state index is 12.6. The second-order valence-corrected chi connectivity index (χ2v) is 6.32. The summed E-state index contributed by atoms with van der Waals surface area (Å²) in [7, 11) is 0. The van der Waals surface area contributed by atoms with Crippen molar-refractivity contribution in [2.24, 2.45) is 5.10 Å². The fourth-order valence-electron chi connectivity index (χ4n) is 3.28. The topological polar surface area (TPSA) is 105 Å². The summed E-state index contributed by atoms with van der Waals surface area (Å²) in [5, 5.41) is 14.9. The van der Waals surface area contributed by atoms with E-state index in [2.05, 4.69) is 10.5 Å². The van der Waals surface area contributed by atoms with E-state index in [-0.39, 0.29) is 17.5 Å². The minimum atomic E-state index is -0.548. The Labute approximate surface area is 145 Å². The second-order valence-electron chi connectivity index (χ2n) is 6.32. The van der Waals surface area contributed by atoms with Crippen molar-refractivity contribution in [2.45, 2.75) is 44.6 Å². The molecule has 1 saturated heterocycles. The monoisotopic (exact) mass is 344 g/mol. The fraction of sp³-hybridized carbons (Fsp3) is 0.471. The predicted octanol–water partition coefficient (Wildman–Crippen LogP) is 2.25. The van der Waals surface area contributed by atoms with Crippen LogP contribution < -0.4 is 5.43 Å². The van der Waals surface area contributed by atoms with Crippen LogP contribution in [0, 0.1) is 10.1 Å². The van der Waals surface area contributed by atoms with Crippen molar-refractivity contribution in [3.8, 4) is 0 Å². The summed E-state index contributed by atoms with van der Waals surface area (Å²) in [6, 6.07) is 4.89. The molecule has 2 aliphatic rings. The van der Waals surface area contributed by atoms with Crippen molar-refractivity contribution >= 4 is 23.2 Å². The third-order valence-corrected chi connectivity index (χ3v) is 4.65. The molecule has 1 aromatic carbocycles. The SMILES string of the molecule is O=C(NN=C1CCCC1)[C@@H]1CCCN1C(=O)c1ccc([N+](=O)[O-])cc1. The Morgan fingerprint density at radius 3 is 2.48 bits per heavy atom. The van der Waals surface area contributed by atoms with Gasteiger partial charge in [0.1, 0.15) is 6.04 Å². The number of non-ortho nitro benzene ring substituents is 1. The van der Waals surface area contributed by atoms with Crippen LogP contribution in [-0.2, 0) is 4.79 Å². The van der Waals surface area contributed by atoms with Gasteiger partial charge in [0.25, 0.3) is 17.5 Å². The van der Waals surface area contributed by atoms with Gasteiger partial charge < -0.3 is 4.90 Å². The van der Waals surface area contributed by atoms with Gasteiger partial charge in [0, 0.05) is 30.0 Å². The number of hydrogen-bond acceptors (Lipinski definition) is 5. The Bertz CT molecular complexity index is 706. The van der Waals surface area contributed by atoms with Crippen LogP contribution in [0.3, 0.4) is 0 Å². The number of rotatable bonds is 4. The Kier molecular flexibility index (Phi) is 5.06. The zero-order valence-electron chi connectivity index (χ0n) is 13.8. The normalized spacial score (nSPS) is 19.8. The highest BCUT2D eigenvalue weighted by atomic mass is 16.6. The second kappa shape index (κ2) is 7.42. The molecule has 8 nitrogen and oxygen atoms in total. The Balaban J connectivity index is 1.67. The van der Waals surface area contributed by atoms with E-state index in [1.54, 1.807) is 0 Å². The van der Waals surface area contributed by atoms with E-state index in [0.717, 1.165) is 37.8 Å². The van der Waals surface area contributed by atoms with Gasteiger partial charge in [0.05, 0.1) is 4.92 Å². The number of amides is 2. The van der Waals surface area contributed by atoms with E-state index in [9.17, 15) is 19.7 Å². The van der Waals surface area contributed by atoms with Crippen molar-refractivity contribution in [1.29, 1.82) is 0 Å². The summed E-state index contributed by atoms with van der Waals surface area (Å²) >= 11 is 0. The molecule has 1 saturated carbocycles. The Morgan fingerprint density at radius 1 is 1.16 bits per heavy atom. The predicted molar refractivity (Wildman–Crippen MR) is 91.2 cm³/mol. The average molecular weight is 344 g/mol. The van der Waals surface area contributed by atoms with Gasteiger partial charge >= 0.3 is 0 Å². The lowest BCUT2D eigenvalue weighted by atomic mass is 10.1. The number of carbonyl (C=O) groups excluding carboxylic acids is 2. The number of nitrogens with zero attached hydrogens (tertiary/aromatic N) is 3. The number of hydrogen-bond donors (Lipinski definition) is 1. The molecule has 1 heterocycles. The van der Waals surface area contributed by atoms with Gasteiger partial charge in [0.2, 0.25) is 0 Å². The molecule has 1 aliphatic heterocycles. The molecule has 1 atom stereocenters. The molecular weight excluding hydrogens is 324 g/mol. The van der Waals surface area contributed by atoms with Gasteiger partial charge in [-0.05, 0) is 50.7 Å². The Hall–Kier alpha value is -2.77. The Morgan fingerprint density at radius 2 is 1.84 bits per heavy atom. The van der Waals surface area contributed by atoms with Crippen LogP contribution in [-0.4, -0.2) is 39.9 Å². The highest BCUT2D eigenvalue weighted by molar-refractivity contribution is 5.98. The van der Waals surface area contributed by atoms with Gasteiger partial charge in [-0.25, -0.2) is 5.43 Å². The standard InChI is InChI=1S/C17H20N4O4/c22-16(19-18-13-4-1-2-5-13)15-6-3-11-20(15)17(23)12-7-9-14(10-8-12)21(24)25/h7-10,15H,1-6,11H2,(H,19,22)/t15-/m0/s1. The third-order valence-electron chi connectivity index (χ3n) is 4.65. The summed E-state index contributed by atoms with van der Waals surface area (Å²) in [4.78, 5) is 36.7. The van der Waals surface area contributed by atoms with E-state index < -0.39 is 11.0 Å². The summed E-state index contributed by atoms with van der Waals surface area (Å²) in [5.41, 5.74) is 3.86. The smallest absolute Gasteiger partial charge is 0.269 e. The number of nitrogens with one attached hydrogen (secondary N) is 1. The molecule has 1 aliphatic carbocycles. The van der Waals surface area contributed by atoms with Crippen molar-refractivity contribution in [2.75, 3.05) is 6.54 Å². The van der Waals surface area contributed by atoms with Crippen LogP contribution in [0.2, 0.25) is 0 Å². The third kappa shape index (κ3) is 3.84. The maximum Gasteiger partial charge on any atom is 0.269 e. The number of nitro benzene ring substituents is 1. The minimum Gasteiger partial charge on any atom is -0.327 e. The van der Waals surface area contributed by atoms with Crippen LogP contribution in [0.15, 0.2) is 29.4 Å². The molecule has 8 heteroatoms. The van der Waals surface area contributed by atoms with Gasteiger partial charge in [-0.1, -0.05) is 0 Å². The van der Waals surface area contributed by atoms with Crippen LogP contribution in [0.4, 0.5) is 5.69 Å². The molecule has 2 fully saturated rings. The first-order chi connectivity index (χ1) is 12.1. The first kappa shape index (κ1) is 17.1. The quantitative estimate of drug-likeness (QED) is 0.668. The summed E-state index contributed by atoms with van der Waals surface area (Å²) < 4.78 is 0. The lowest BCUT2D eigenvalue weighted by molar-refractivity contribution is -0.384. The summed E-state index contributed by atoms with van der Waals surface area (Å²) in [5.74, 6) is -0.562. The number of carbonyl (C=O) groups is 2. The number of benzene rings is 1. The van der Waals surface area contributed by atoms with E-state index in [4.69, 9.17) is 0 Å². The summed E-state index contributed by atoms with van der Waals surface area (Å²) in [6.07, 6.45) is 5.36. The van der Waals surface area contributed by atoms with Crippen molar-refractivity contribution < 1.29 is 14.5 Å². The van der Waals surface area contributed by atoms with Gasteiger partial charge in [-0.2, -0.15) is 5.10 Å². The molecule has 0 spiro atoms. The van der Waals surface area contributed by atoms with Crippen LogP contribution in [0.25, 0.3) is 0 Å². The number of hydrazone groups is 1. The van der Waals surface area contributed by atoms with Gasteiger partial charge in [-0.3, -0.25) is 19.7 Å². The average Bonchev–Trinajstić information content (AvgIpc) is 3.30.